The van der Waals surface area contributed by atoms with Crippen molar-refractivity contribution in [2.45, 2.75) is 32.2 Å². The summed E-state index contributed by atoms with van der Waals surface area (Å²) in [5.41, 5.74) is 6.91. The third-order valence-electron chi connectivity index (χ3n) is 3.76. The van der Waals surface area contributed by atoms with Gasteiger partial charge in [0.1, 0.15) is 5.82 Å². The van der Waals surface area contributed by atoms with Crippen LogP contribution in [0, 0.1) is 11.7 Å². The zero-order valence-corrected chi connectivity index (χ0v) is 10.8. The smallest absolute Gasteiger partial charge is 0.184 e. The Bertz CT molecular complexity index is 594. The first-order valence-corrected chi connectivity index (χ1v) is 6.48. The largest absolute Gasteiger partial charge is 0.398 e. The molecule has 3 rings (SSSR count). The zero-order chi connectivity index (χ0) is 13.4. The van der Waals surface area contributed by atoms with Crippen LogP contribution in [0.2, 0.25) is 0 Å². The van der Waals surface area contributed by atoms with Crippen LogP contribution < -0.4 is 5.73 Å². The summed E-state index contributed by atoms with van der Waals surface area (Å²) in [5.74, 6) is 0.957. The van der Waals surface area contributed by atoms with Crippen molar-refractivity contribution in [3.05, 3.63) is 24.0 Å². The molecule has 0 saturated heterocycles. The molecule has 1 saturated carbocycles. The van der Waals surface area contributed by atoms with Gasteiger partial charge in [0.05, 0.1) is 6.04 Å². The predicted molar refractivity (Wildman–Crippen MR) is 69.7 cm³/mol. The van der Waals surface area contributed by atoms with Gasteiger partial charge in [0.15, 0.2) is 5.82 Å². The molecule has 1 heterocycles. The standard InChI is InChI=1S/C13H16FN5/c1-8-2-4-10(6-8)19-13(16-17-18-19)11-5-3-9(14)7-12(11)15/h3,5,7-8,10H,2,4,6,15H2,1H3. The molecule has 1 aromatic heterocycles. The van der Waals surface area contributed by atoms with E-state index in [4.69, 9.17) is 5.73 Å². The Kier molecular flexibility index (Phi) is 2.93. The number of nitrogens with two attached hydrogens (primary N) is 1. The number of rotatable bonds is 2. The number of tetrazole rings is 1. The fourth-order valence-electron chi connectivity index (χ4n) is 2.75. The van der Waals surface area contributed by atoms with Crippen LogP contribution in [0.25, 0.3) is 11.4 Å². The Morgan fingerprint density at radius 3 is 2.89 bits per heavy atom. The molecule has 2 aromatic rings. The van der Waals surface area contributed by atoms with Crippen LogP contribution in [0.15, 0.2) is 18.2 Å². The molecule has 19 heavy (non-hydrogen) atoms. The first-order valence-electron chi connectivity index (χ1n) is 6.48. The summed E-state index contributed by atoms with van der Waals surface area (Å²) in [6.45, 7) is 2.23. The maximum absolute atomic E-state index is 13.1. The minimum atomic E-state index is -0.352. The van der Waals surface area contributed by atoms with Gasteiger partial charge in [0.2, 0.25) is 0 Å². The van der Waals surface area contributed by atoms with Crippen molar-refractivity contribution in [3.63, 3.8) is 0 Å². The second-order valence-corrected chi connectivity index (χ2v) is 5.25. The first-order chi connectivity index (χ1) is 9.15. The minimum absolute atomic E-state index is 0.310. The SMILES string of the molecule is CC1CCC(n2nnnc2-c2ccc(F)cc2N)C1. The van der Waals surface area contributed by atoms with Gasteiger partial charge < -0.3 is 5.73 Å². The highest BCUT2D eigenvalue weighted by Crippen LogP contribution is 2.36. The van der Waals surface area contributed by atoms with Gasteiger partial charge in [-0.1, -0.05) is 6.92 Å². The molecule has 100 valence electrons. The quantitative estimate of drug-likeness (QED) is 0.843. The minimum Gasteiger partial charge on any atom is -0.398 e. The molecule has 1 fully saturated rings. The number of halogens is 1. The molecule has 1 aromatic carbocycles. The van der Waals surface area contributed by atoms with Crippen molar-refractivity contribution in [3.8, 4) is 11.4 Å². The molecule has 0 aliphatic heterocycles. The molecule has 2 atom stereocenters. The van der Waals surface area contributed by atoms with Gasteiger partial charge in [-0.05, 0) is 53.8 Å². The summed E-state index contributed by atoms with van der Waals surface area (Å²) in [4.78, 5) is 0. The van der Waals surface area contributed by atoms with E-state index in [1.807, 2.05) is 4.68 Å². The third kappa shape index (κ3) is 2.18. The van der Waals surface area contributed by atoms with E-state index in [0.29, 0.717) is 29.0 Å². The Hall–Kier alpha value is -1.98. The van der Waals surface area contributed by atoms with E-state index < -0.39 is 0 Å². The lowest BCUT2D eigenvalue weighted by Crippen LogP contribution is -2.10. The van der Waals surface area contributed by atoms with Gasteiger partial charge in [-0.2, -0.15) is 0 Å². The summed E-state index contributed by atoms with van der Waals surface area (Å²) in [6, 6.07) is 4.61. The molecule has 1 aliphatic carbocycles. The van der Waals surface area contributed by atoms with Crippen LogP contribution in [-0.4, -0.2) is 20.2 Å². The monoisotopic (exact) mass is 261 g/mol. The topological polar surface area (TPSA) is 69.6 Å². The van der Waals surface area contributed by atoms with Gasteiger partial charge in [-0.25, -0.2) is 9.07 Å². The molecular formula is C13H16FN5. The number of hydrogen-bond donors (Lipinski definition) is 1. The van der Waals surface area contributed by atoms with Gasteiger partial charge in [0.25, 0.3) is 0 Å². The van der Waals surface area contributed by atoms with Crippen molar-refractivity contribution < 1.29 is 4.39 Å². The van der Waals surface area contributed by atoms with Crippen LogP contribution in [0.3, 0.4) is 0 Å². The molecule has 2 unspecified atom stereocenters. The molecule has 2 N–H and O–H groups in total. The van der Waals surface area contributed by atoms with E-state index in [1.54, 1.807) is 6.07 Å². The summed E-state index contributed by atoms with van der Waals surface area (Å²) in [5, 5.41) is 11.9. The predicted octanol–water partition coefficient (Wildman–Crippen LogP) is 2.42. The third-order valence-corrected chi connectivity index (χ3v) is 3.76. The van der Waals surface area contributed by atoms with Crippen molar-refractivity contribution in [2.24, 2.45) is 5.92 Å². The maximum atomic E-state index is 13.1. The lowest BCUT2D eigenvalue weighted by Gasteiger charge is -2.12. The highest BCUT2D eigenvalue weighted by molar-refractivity contribution is 5.71. The van der Waals surface area contributed by atoms with E-state index in [2.05, 4.69) is 22.4 Å². The normalized spacial score (nSPS) is 22.8. The van der Waals surface area contributed by atoms with E-state index >= 15 is 0 Å². The Balaban J connectivity index is 2.00. The number of benzene rings is 1. The molecular weight excluding hydrogens is 245 g/mol. The van der Waals surface area contributed by atoms with Crippen LogP contribution >= 0.6 is 0 Å². The number of hydrogen-bond acceptors (Lipinski definition) is 4. The average Bonchev–Trinajstić information content (AvgIpc) is 2.97. The van der Waals surface area contributed by atoms with Gasteiger partial charge in [-0.3, -0.25) is 0 Å². The van der Waals surface area contributed by atoms with Crippen molar-refractivity contribution in [2.75, 3.05) is 5.73 Å². The fraction of sp³-hybridized carbons (Fsp3) is 0.462. The lowest BCUT2D eigenvalue weighted by molar-refractivity contribution is 0.443. The van der Waals surface area contributed by atoms with Crippen LogP contribution in [0.1, 0.15) is 32.2 Å². The van der Waals surface area contributed by atoms with Gasteiger partial charge in [-0.15, -0.1) is 5.10 Å². The Labute approximate surface area is 110 Å². The fourth-order valence-corrected chi connectivity index (χ4v) is 2.75. The van der Waals surface area contributed by atoms with Crippen molar-refractivity contribution in [1.82, 2.24) is 20.2 Å². The van der Waals surface area contributed by atoms with Crippen LogP contribution in [0.5, 0.6) is 0 Å². The Morgan fingerprint density at radius 1 is 1.37 bits per heavy atom. The molecule has 0 radical (unpaired) electrons. The summed E-state index contributed by atoms with van der Waals surface area (Å²) >= 11 is 0. The van der Waals surface area contributed by atoms with Gasteiger partial charge in [0, 0.05) is 11.3 Å². The molecule has 1 aliphatic rings. The first kappa shape index (κ1) is 12.1. The zero-order valence-electron chi connectivity index (χ0n) is 10.8. The van der Waals surface area contributed by atoms with Crippen molar-refractivity contribution >= 4 is 5.69 Å². The highest BCUT2D eigenvalue weighted by Gasteiger charge is 2.26. The molecule has 0 bridgehead atoms. The summed E-state index contributed by atoms with van der Waals surface area (Å²) in [6.07, 6.45) is 3.32. The summed E-state index contributed by atoms with van der Waals surface area (Å²) in [7, 11) is 0. The molecule has 6 heteroatoms. The van der Waals surface area contributed by atoms with E-state index in [1.165, 1.54) is 18.6 Å². The van der Waals surface area contributed by atoms with E-state index in [9.17, 15) is 4.39 Å². The van der Waals surface area contributed by atoms with E-state index in [0.717, 1.165) is 12.8 Å². The van der Waals surface area contributed by atoms with Crippen molar-refractivity contribution in [1.29, 1.82) is 0 Å². The van der Waals surface area contributed by atoms with Crippen LogP contribution in [0.4, 0.5) is 10.1 Å². The van der Waals surface area contributed by atoms with Gasteiger partial charge >= 0.3 is 0 Å². The second-order valence-electron chi connectivity index (χ2n) is 5.25. The molecule has 5 nitrogen and oxygen atoms in total. The Morgan fingerprint density at radius 2 is 2.21 bits per heavy atom. The second kappa shape index (κ2) is 4.60. The number of anilines is 1. The van der Waals surface area contributed by atoms with E-state index in [-0.39, 0.29) is 5.82 Å². The number of nitrogen functional groups attached to an aromatic ring is 1. The number of nitrogens with zero attached hydrogens (tertiary/aromatic N) is 4. The maximum Gasteiger partial charge on any atom is 0.184 e. The summed E-state index contributed by atoms with van der Waals surface area (Å²) < 4.78 is 14.9. The average molecular weight is 261 g/mol. The number of aromatic nitrogens is 4. The highest BCUT2D eigenvalue weighted by atomic mass is 19.1. The lowest BCUT2D eigenvalue weighted by atomic mass is 10.1. The molecule has 0 spiro atoms. The van der Waals surface area contributed by atoms with Crippen LogP contribution in [-0.2, 0) is 0 Å². The molecule has 0 amide bonds.